The Hall–Kier alpha value is -3.44. The highest BCUT2D eigenvalue weighted by molar-refractivity contribution is 5.60. The minimum Gasteiger partial charge on any atom is -0.508 e. The first-order chi connectivity index (χ1) is 14.6. The summed E-state index contributed by atoms with van der Waals surface area (Å²) in [4.78, 5) is 0. The lowest BCUT2D eigenvalue weighted by Crippen LogP contribution is -2.03. The van der Waals surface area contributed by atoms with E-state index >= 15 is 0 Å². The fourth-order valence-corrected chi connectivity index (χ4v) is 3.01. The van der Waals surface area contributed by atoms with Crippen LogP contribution in [-0.2, 0) is 6.61 Å². The molecule has 5 heteroatoms. The van der Waals surface area contributed by atoms with Crippen LogP contribution in [0.5, 0.6) is 23.0 Å². The lowest BCUT2D eigenvalue weighted by molar-refractivity contribution is 0.216. The molecule has 0 aromatic heterocycles. The maximum absolute atomic E-state index is 10.8. The molecule has 0 fully saturated rings. The van der Waals surface area contributed by atoms with E-state index in [1.807, 2.05) is 43.3 Å². The summed E-state index contributed by atoms with van der Waals surface area (Å²) in [6, 6.07) is 20.1. The van der Waals surface area contributed by atoms with Gasteiger partial charge >= 0.3 is 0 Å². The van der Waals surface area contributed by atoms with Crippen molar-refractivity contribution in [3.05, 3.63) is 89.5 Å². The first kappa shape index (κ1) is 21.3. The van der Waals surface area contributed by atoms with Crippen LogP contribution in [0.2, 0.25) is 0 Å². The lowest BCUT2D eigenvalue weighted by Gasteiger charge is -2.16. The summed E-state index contributed by atoms with van der Waals surface area (Å²) in [6.45, 7) is 2.84. The van der Waals surface area contributed by atoms with Gasteiger partial charge in [-0.2, -0.15) is 0 Å². The Balaban J connectivity index is 1.84. The molecule has 3 aromatic rings. The third-order valence-corrected chi connectivity index (χ3v) is 4.53. The van der Waals surface area contributed by atoms with Gasteiger partial charge in [-0.1, -0.05) is 42.5 Å². The Morgan fingerprint density at radius 1 is 0.933 bits per heavy atom. The van der Waals surface area contributed by atoms with Crippen LogP contribution >= 0.6 is 0 Å². The highest BCUT2D eigenvalue weighted by atomic mass is 16.5. The Bertz CT molecular complexity index is 982. The SMILES string of the molecule is CCOc1ccc(C(O)C=Cc2ccc(O)cc2OC)c(OCc2ccccc2)c1. The average molecular weight is 406 g/mol. The van der Waals surface area contributed by atoms with Gasteiger partial charge in [-0.05, 0) is 36.8 Å². The van der Waals surface area contributed by atoms with Crippen LogP contribution in [0.1, 0.15) is 29.7 Å². The maximum atomic E-state index is 10.8. The second kappa shape index (κ2) is 10.4. The Morgan fingerprint density at radius 2 is 1.73 bits per heavy atom. The standard InChI is InChI=1S/C25H26O5/c1-3-29-21-12-13-22(25(16-21)30-17-18-7-5-4-6-8-18)23(27)14-10-19-9-11-20(26)15-24(19)28-2/h4-16,23,26-27H,3,17H2,1-2H3. The van der Waals surface area contributed by atoms with E-state index in [1.54, 1.807) is 36.4 Å². The molecule has 0 heterocycles. The molecule has 2 N–H and O–H groups in total. The Morgan fingerprint density at radius 3 is 2.47 bits per heavy atom. The van der Waals surface area contributed by atoms with E-state index < -0.39 is 6.10 Å². The Kier molecular flexibility index (Phi) is 7.35. The number of aliphatic hydroxyl groups is 1. The van der Waals surface area contributed by atoms with Gasteiger partial charge in [-0.15, -0.1) is 0 Å². The third kappa shape index (κ3) is 5.55. The van der Waals surface area contributed by atoms with Gasteiger partial charge in [0, 0.05) is 23.3 Å². The van der Waals surface area contributed by atoms with Crippen LogP contribution in [0.15, 0.2) is 72.8 Å². The topological polar surface area (TPSA) is 68.2 Å². The zero-order valence-electron chi connectivity index (χ0n) is 17.1. The van der Waals surface area contributed by atoms with E-state index in [9.17, 15) is 10.2 Å². The molecular weight excluding hydrogens is 380 g/mol. The molecule has 0 aliphatic heterocycles. The van der Waals surface area contributed by atoms with Gasteiger partial charge in [0.05, 0.1) is 13.7 Å². The van der Waals surface area contributed by atoms with Gasteiger partial charge < -0.3 is 24.4 Å². The summed E-state index contributed by atoms with van der Waals surface area (Å²) in [7, 11) is 1.53. The highest BCUT2D eigenvalue weighted by Gasteiger charge is 2.13. The highest BCUT2D eigenvalue weighted by Crippen LogP contribution is 2.32. The van der Waals surface area contributed by atoms with Gasteiger partial charge in [0.25, 0.3) is 0 Å². The van der Waals surface area contributed by atoms with Crippen molar-refractivity contribution in [1.82, 2.24) is 0 Å². The summed E-state index contributed by atoms with van der Waals surface area (Å²) >= 11 is 0. The van der Waals surface area contributed by atoms with E-state index in [4.69, 9.17) is 14.2 Å². The van der Waals surface area contributed by atoms with Crippen LogP contribution in [-0.4, -0.2) is 23.9 Å². The van der Waals surface area contributed by atoms with Crippen molar-refractivity contribution >= 4 is 6.08 Å². The Labute approximate surface area is 176 Å². The summed E-state index contributed by atoms with van der Waals surface area (Å²) in [5.74, 6) is 1.87. The molecule has 156 valence electrons. The number of aromatic hydroxyl groups is 1. The summed E-state index contributed by atoms with van der Waals surface area (Å²) < 4.78 is 16.9. The van der Waals surface area contributed by atoms with Crippen molar-refractivity contribution in [3.8, 4) is 23.0 Å². The first-order valence-corrected chi connectivity index (χ1v) is 9.77. The van der Waals surface area contributed by atoms with Crippen molar-refractivity contribution in [3.63, 3.8) is 0 Å². The summed E-state index contributed by atoms with van der Waals surface area (Å²) in [5, 5.41) is 20.4. The summed E-state index contributed by atoms with van der Waals surface area (Å²) in [6.07, 6.45) is 2.50. The number of aliphatic hydroxyl groups excluding tert-OH is 1. The molecule has 0 spiro atoms. The zero-order valence-corrected chi connectivity index (χ0v) is 17.1. The molecule has 0 aliphatic carbocycles. The number of hydrogen-bond acceptors (Lipinski definition) is 5. The molecule has 0 bridgehead atoms. The molecule has 3 aromatic carbocycles. The van der Waals surface area contributed by atoms with Crippen LogP contribution in [0, 0.1) is 0 Å². The second-order valence-corrected chi connectivity index (χ2v) is 6.64. The number of rotatable bonds is 9. The van der Waals surface area contributed by atoms with E-state index in [0.29, 0.717) is 36.0 Å². The molecule has 1 atom stereocenters. The molecule has 0 saturated carbocycles. The van der Waals surface area contributed by atoms with Crippen molar-refractivity contribution in [2.45, 2.75) is 19.6 Å². The predicted octanol–water partition coefficient (Wildman–Crippen LogP) is 5.13. The second-order valence-electron chi connectivity index (χ2n) is 6.64. The van der Waals surface area contributed by atoms with Crippen molar-refractivity contribution in [2.75, 3.05) is 13.7 Å². The van der Waals surface area contributed by atoms with Gasteiger partial charge in [-0.3, -0.25) is 0 Å². The molecule has 5 nitrogen and oxygen atoms in total. The molecular formula is C25H26O5. The van der Waals surface area contributed by atoms with E-state index in [2.05, 4.69) is 0 Å². The fraction of sp³-hybridized carbons (Fsp3) is 0.200. The largest absolute Gasteiger partial charge is 0.508 e. The number of phenols is 1. The van der Waals surface area contributed by atoms with E-state index in [1.165, 1.54) is 13.2 Å². The van der Waals surface area contributed by atoms with E-state index in [0.717, 1.165) is 11.1 Å². The molecule has 1 unspecified atom stereocenters. The minimum absolute atomic E-state index is 0.118. The molecule has 0 amide bonds. The molecule has 3 rings (SSSR count). The van der Waals surface area contributed by atoms with E-state index in [-0.39, 0.29) is 5.75 Å². The zero-order chi connectivity index (χ0) is 21.3. The van der Waals surface area contributed by atoms with Crippen molar-refractivity contribution < 1.29 is 24.4 Å². The van der Waals surface area contributed by atoms with Gasteiger partial charge in [-0.25, -0.2) is 0 Å². The fourth-order valence-electron chi connectivity index (χ4n) is 3.01. The van der Waals surface area contributed by atoms with Gasteiger partial charge in [0.15, 0.2) is 0 Å². The summed E-state index contributed by atoms with van der Waals surface area (Å²) in [5.41, 5.74) is 2.40. The number of phenolic OH excluding ortho intramolecular Hbond substituents is 1. The number of methoxy groups -OCH3 is 1. The van der Waals surface area contributed by atoms with Crippen molar-refractivity contribution in [1.29, 1.82) is 0 Å². The van der Waals surface area contributed by atoms with Gasteiger partial charge in [0.2, 0.25) is 0 Å². The van der Waals surface area contributed by atoms with Crippen LogP contribution < -0.4 is 14.2 Å². The van der Waals surface area contributed by atoms with Crippen molar-refractivity contribution in [2.24, 2.45) is 0 Å². The number of ether oxygens (including phenoxy) is 3. The lowest BCUT2D eigenvalue weighted by atomic mass is 10.1. The average Bonchev–Trinajstić information content (AvgIpc) is 2.77. The maximum Gasteiger partial charge on any atom is 0.129 e. The van der Waals surface area contributed by atoms with Crippen LogP contribution in [0.3, 0.4) is 0 Å². The molecule has 0 radical (unpaired) electrons. The predicted molar refractivity (Wildman–Crippen MR) is 117 cm³/mol. The van der Waals surface area contributed by atoms with Crippen LogP contribution in [0.4, 0.5) is 0 Å². The molecule has 30 heavy (non-hydrogen) atoms. The molecule has 0 aliphatic rings. The number of hydrogen-bond donors (Lipinski definition) is 2. The minimum atomic E-state index is -0.898. The normalized spacial score (nSPS) is 12.0. The third-order valence-electron chi connectivity index (χ3n) is 4.53. The molecule has 0 saturated heterocycles. The first-order valence-electron chi connectivity index (χ1n) is 9.77. The van der Waals surface area contributed by atoms with Gasteiger partial charge in [0.1, 0.15) is 35.7 Å². The quantitative estimate of drug-likeness (QED) is 0.516. The monoisotopic (exact) mass is 406 g/mol. The van der Waals surface area contributed by atoms with Crippen LogP contribution in [0.25, 0.3) is 6.08 Å². The number of benzene rings is 3. The smallest absolute Gasteiger partial charge is 0.129 e.